The lowest BCUT2D eigenvalue weighted by Crippen LogP contribution is -2.34. The van der Waals surface area contributed by atoms with Gasteiger partial charge in [-0.15, -0.1) is 0 Å². The van der Waals surface area contributed by atoms with Gasteiger partial charge in [0, 0.05) is 6.54 Å². The number of amides is 1. The van der Waals surface area contributed by atoms with Crippen molar-refractivity contribution in [1.82, 2.24) is 4.90 Å². The van der Waals surface area contributed by atoms with Gasteiger partial charge in [-0.25, -0.2) is 0 Å². The van der Waals surface area contributed by atoms with Gasteiger partial charge in [-0.3, -0.25) is 9.59 Å². The van der Waals surface area contributed by atoms with Crippen LogP contribution in [0.25, 0.3) is 0 Å². The van der Waals surface area contributed by atoms with Gasteiger partial charge in [0.25, 0.3) is 5.91 Å². The van der Waals surface area contributed by atoms with Crippen LogP contribution in [0.2, 0.25) is 0 Å². The average molecular weight is 413 g/mol. The predicted octanol–water partition coefficient (Wildman–Crippen LogP) is 3.16. The van der Waals surface area contributed by atoms with E-state index in [9.17, 15) is 14.7 Å². The van der Waals surface area contributed by atoms with Crippen molar-refractivity contribution >= 4 is 11.7 Å². The number of carbonyl (C=O) groups excluding carboxylic acids is 2. The van der Waals surface area contributed by atoms with Gasteiger partial charge in [0.05, 0.1) is 37.7 Å². The van der Waals surface area contributed by atoms with E-state index in [1.807, 2.05) is 24.3 Å². The molecule has 0 spiro atoms. The van der Waals surface area contributed by atoms with Crippen molar-refractivity contribution in [3.63, 3.8) is 0 Å². The van der Waals surface area contributed by atoms with Gasteiger partial charge in [-0.1, -0.05) is 45.0 Å². The summed E-state index contributed by atoms with van der Waals surface area (Å²) in [4.78, 5) is 27.2. The molecule has 2 N–H and O–H groups in total. The molecule has 1 aliphatic heterocycles. The van der Waals surface area contributed by atoms with Gasteiger partial charge in [-0.05, 0) is 28.7 Å². The minimum absolute atomic E-state index is 0.0133. The van der Waals surface area contributed by atoms with Gasteiger partial charge >= 0.3 is 0 Å². The zero-order valence-corrected chi connectivity index (χ0v) is 17.4. The summed E-state index contributed by atoms with van der Waals surface area (Å²) < 4.78 is 10.5. The molecule has 1 aromatic carbocycles. The Hall–Kier alpha value is -2.90. The van der Waals surface area contributed by atoms with E-state index in [1.54, 1.807) is 6.07 Å². The second-order valence-corrected chi connectivity index (χ2v) is 8.18. The molecule has 3 rings (SSSR count). The molecule has 1 atom stereocenters. The summed E-state index contributed by atoms with van der Waals surface area (Å²) >= 11 is 0. The van der Waals surface area contributed by atoms with Crippen molar-refractivity contribution in [3.8, 4) is 0 Å². The Morgan fingerprint density at radius 1 is 1.17 bits per heavy atom. The van der Waals surface area contributed by atoms with Crippen molar-refractivity contribution in [2.24, 2.45) is 0 Å². The third kappa shape index (κ3) is 4.32. The summed E-state index contributed by atoms with van der Waals surface area (Å²) in [5, 5.41) is 19.4. The van der Waals surface area contributed by atoms with Crippen LogP contribution >= 0.6 is 0 Å². The number of ketones is 1. The highest BCUT2D eigenvalue weighted by Crippen LogP contribution is 2.39. The number of Topliss-reactive ketones (excluding diaryl/α,β-unsaturated/α-hetero) is 1. The van der Waals surface area contributed by atoms with Crippen LogP contribution in [0.15, 0.2) is 58.4 Å². The third-order valence-electron chi connectivity index (χ3n) is 5.10. The lowest BCUT2D eigenvalue weighted by atomic mass is 9.85. The molecule has 2 aromatic rings. The molecule has 2 heterocycles. The Balaban J connectivity index is 1.98. The fourth-order valence-electron chi connectivity index (χ4n) is 3.50. The zero-order valence-electron chi connectivity index (χ0n) is 17.4. The topological polar surface area (TPSA) is 100 Å². The van der Waals surface area contributed by atoms with E-state index in [2.05, 4.69) is 20.8 Å². The van der Waals surface area contributed by atoms with Gasteiger partial charge in [0.1, 0.15) is 0 Å². The molecule has 0 bridgehead atoms. The maximum Gasteiger partial charge on any atom is 0.290 e. The maximum atomic E-state index is 13.0. The summed E-state index contributed by atoms with van der Waals surface area (Å²) in [5.41, 5.74) is 1.76. The number of aliphatic hydroxyl groups excluding tert-OH is 2. The minimum Gasteiger partial charge on any atom is -0.503 e. The molecular formula is C23H27NO6. The van der Waals surface area contributed by atoms with Crippen molar-refractivity contribution in [2.45, 2.75) is 32.2 Å². The highest BCUT2D eigenvalue weighted by molar-refractivity contribution is 6.15. The number of furan rings is 1. The fraction of sp³-hybridized carbons (Fsp3) is 0.391. The summed E-state index contributed by atoms with van der Waals surface area (Å²) in [6, 6.07) is 9.98. The second kappa shape index (κ2) is 8.85. The third-order valence-corrected chi connectivity index (χ3v) is 5.10. The zero-order chi connectivity index (χ0) is 21.9. The summed E-state index contributed by atoms with van der Waals surface area (Å²) in [6.45, 7) is 6.64. The standard InChI is InChI=1S/C23H27NO6/c1-23(2,3)16-8-6-15(7-9-16)19-18(20(26)17-5-4-12-30-17)21(27)22(28)24(19)10-13-29-14-11-25/h4-9,12,19,25,27H,10-11,13-14H2,1-3H3/t19-/m1/s1. The van der Waals surface area contributed by atoms with Gasteiger partial charge < -0.3 is 24.3 Å². The van der Waals surface area contributed by atoms with Crippen molar-refractivity contribution < 1.29 is 29.0 Å². The van der Waals surface area contributed by atoms with E-state index in [0.29, 0.717) is 5.56 Å². The largest absolute Gasteiger partial charge is 0.503 e. The molecule has 0 fully saturated rings. The van der Waals surface area contributed by atoms with E-state index < -0.39 is 23.5 Å². The van der Waals surface area contributed by atoms with Crippen LogP contribution in [-0.2, 0) is 14.9 Å². The first kappa shape index (κ1) is 21.8. The minimum atomic E-state index is -0.762. The van der Waals surface area contributed by atoms with E-state index >= 15 is 0 Å². The smallest absolute Gasteiger partial charge is 0.290 e. The van der Waals surface area contributed by atoms with E-state index in [4.69, 9.17) is 14.3 Å². The normalized spacial score (nSPS) is 17.1. The molecule has 1 aliphatic rings. The lowest BCUT2D eigenvalue weighted by molar-refractivity contribution is -0.130. The molecule has 0 saturated heterocycles. The van der Waals surface area contributed by atoms with Crippen LogP contribution in [0.5, 0.6) is 0 Å². The van der Waals surface area contributed by atoms with Crippen LogP contribution in [0.1, 0.15) is 48.5 Å². The Morgan fingerprint density at radius 3 is 2.43 bits per heavy atom. The first-order chi connectivity index (χ1) is 14.3. The number of benzene rings is 1. The van der Waals surface area contributed by atoms with Crippen LogP contribution in [-0.4, -0.2) is 53.2 Å². The maximum absolute atomic E-state index is 13.0. The summed E-state index contributed by atoms with van der Waals surface area (Å²) in [7, 11) is 0. The molecule has 0 radical (unpaired) electrons. The Bertz CT molecular complexity index is 922. The van der Waals surface area contributed by atoms with Crippen molar-refractivity contribution in [3.05, 3.63) is 70.9 Å². The van der Waals surface area contributed by atoms with Crippen molar-refractivity contribution in [1.29, 1.82) is 0 Å². The highest BCUT2D eigenvalue weighted by Gasteiger charge is 2.44. The van der Waals surface area contributed by atoms with E-state index in [-0.39, 0.29) is 43.1 Å². The van der Waals surface area contributed by atoms with Gasteiger partial charge in [0.2, 0.25) is 5.78 Å². The molecule has 160 valence electrons. The molecule has 0 unspecified atom stereocenters. The Labute approximate surface area is 175 Å². The fourth-order valence-corrected chi connectivity index (χ4v) is 3.50. The molecule has 0 saturated carbocycles. The number of carbonyl (C=O) groups is 2. The molecule has 0 aliphatic carbocycles. The molecule has 1 amide bonds. The number of hydrogen-bond acceptors (Lipinski definition) is 6. The SMILES string of the molecule is CC(C)(C)c1ccc([C@@H]2C(C(=O)c3ccco3)=C(O)C(=O)N2CCOCCO)cc1. The quantitative estimate of drug-likeness (QED) is 0.509. The van der Waals surface area contributed by atoms with Crippen LogP contribution in [0.3, 0.4) is 0 Å². The number of ether oxygens (including phenoxy) is 1. The second-order valence-electron chi connectivity index (χ2n) is 8.18. The summed E-state index contributed by atoms with van der Waals surface area (Å²) in [5.74, 6) is -1.69. The Morgan fingerprint density at radius 2 is 1.87 bits per heavy atom. The van der Waals surface area contributed by atoms with Crippen LogP contribution in [0, 0.1) is 0 Å². The van der Waals surface area contributed by atoms with E-state index in [1.165, 1.54) is 17.2 Å². The van der Waals surface area contributed by atoms with E-state index in [0.717, 1.165) is 5.56 Å². The Kier molecular flexibility index (Phi) is 6.43. The number of hydrogen-bond donors (Lipinski definition) is 2. The number of aliphatic hydroxyl groups is 2. The molecule has 30 heavy (non-hydrogen) atoms. The monoisotopic (exact) mass is 413 g/mol. The summed E-state index contributed by atoms with van der Waals surface area (Å²) in [6.07, 6.45) is 1.37. The number of nitrogens with zero attached hydrogens (tertiary/aromatic N) is 1. The first-order valence-electron chi connectivity index (χ1n) is 9.87. The highest BCUT2D eigenvalue weighted by atomic mass is 16.5. The molecule has 1 aromatic heterocycles. The van der Waals surface area contributed by atoms with Crippen LogP contribution in [0.4, 0.5) is 0 Å². The average Bonchev–Trinajstić information content (AvgIpc) is 3.33. The molecule has 7 heteroatoms. The van der Waals surface area contributed by atoms with Crippen molar-refractivity contribution in [2.75, 3.05) is 26.4 Å². The van der Waals surface area contributed by atoms with Crippen LogP contribution < -0.4 is 0 Å². The van der Waals surface area contributed by atoms with Gasteiger partial charge in [0.15, 0.2) is 11.5 Å². The molecular weight excluding hydrogens is 386 g/mol. The molecule has 7 nitrogen and oxygen atoms in total. The first-order valence-corrected chi connectivity index (χ1v) is 9.87. The predicted molar refractivity (Wildman–Crippen MR) is 110 cm³/mol. The lowest BCUT2D eigenvalue weighted by Gasteiger charge is -2.27. The number of rotatable bonds is 8. The van der Waals surface area contributed by atoms with Gasteiger partial charge in [-0.2, -0.15) is 0 Å².